The highest BCUT2D eigenvalue weighted by molar-refractivity contribution is 7.13. The molecule has 0 aromatic carbocycles. The second-order valence-electron chi connectivity index (χ2n) is 6.85. The Balaban J connectivity index is 1.87. The molecule has 1 aliphatic heterocycles. The molecule has 8 heteroatoms. The van der Waals surface area contributed by atoms with Crippen LogP contribution >= 0.6 is 11.3 Å². The first-order valence-corrected chi connectivity index (χ1v) is 9.30. The van der Waals surface area contributed by atoms with Crippen molar-refractivity contribution >= 4 is 17.2 Å². The first-order chi connectivity index (χ1) is 11.9. The van der Waals surface area contributed by atoms with E-state index in [4.69, 9.17) is 9.15 Å². The van der Waals surface area contributed by atoms with Gasteiger partial charge in [-0.05, 0) is 12.8 Å². The molecule has 7 nitrogen and oxygen atoms in total. The van der Waals surface area contributed by atoms with E-state index in [2.05, 4.69) is 29.0 Å². The molecule has 0 N–H and O–H groups in total. The Labute approximate surface area is 151 Å². The number of likely N-dealkylation sites (tertiary alicyclic amines) is 1. The molecule has 3 rings (SSSR count). The van der Waals surface area contributed by atoms with E-state index in [0.717, 1.165) is 17.1 Å². The number of aryl methyl sites for hydroxylation is 2. The number of ether oxygens (including phenoxy) is 1. The molecule has 2 aromatic heterocycles. The zero-order chi connectivity index (χ0) is 18.1. The molecule has 0 unspecified atom stereocenters. The van der Waals surface area contributed by atoms with Crippen molar-refractivity contribution in [1.82, 2.24) is 20.1 Å². The number of aromatic nitrogens is 3. The van der Waals surface area contributed by atoms with Crippen molar-refractivity contribution in [3.63, 3.8) is 0 Å². The summed E-state index contributed by atoms with van der Waals surface area (Å²) in [6.45, 7) is 8.45. The Kier molecular flexibility index (Phi) is 5.19. The van der Waals surface area contributed by atoms with Gasteiger partial charge in [-0.3, -0.25) is 4.79 Å². The number of rotatable bonds is 5. The fraction of sp³-hybridized carbons (Fsp3) is 0.647. The number of amides is 1. The molecule has 0 spiro atoms. The lowest BCUT2D eigenvalue weighted by atomic mass is 10.1. The van der Waals surface area contributed by atoms with Gasteiger partial charge in [-0.25, -0.2) is 4.98 Å². The largest absolute Gasteiger partial charge is 0.423 e. The molecule has 0 radical (unpaired) electrons. The number of hydrogen-bond acceptors (Lipinski definition) is 7. The van der Waals surface area contributed by atoms with Crippen LogP contribution in [0.3, 0.4) is 0 Å². The van der Waals surface area contributed by atoms with Gasteiger partial charge in [0.2, 0.25) is 11.8 Å². The Morgan fingerprint density at radius 2 is 2.16 bits per heavy atom. The molecule has 1 fully saturated rings. The van der Waals surface area contributed by atoms with Crippen LogP contribution in [0.5, 0.6) is 0 Å². The maximum atomic E-state index is 13.2. The highest BCUT2D eigenvalue weighted by atomic mass is 32.1. The quantitative estimate of drug-likeness (QED) is 0.811. The third kappa shape index (κ3) is 3.74. The van der Waals surface area contributed by atoms with Crippen LogP contribution in [0.15, 0.2) is 4.42 Å². The highest BCUT2D eigenvalue weighted by Gasteiger charge is 2.40. The summed E-state index contributed by atoms with van der Waals surface area (Å²) in [6, 6.07) is -0.256. The van der Waals surface area contributed by atoms with Gasteiger partial charge in [-0.15, -0.1) is 21.5 Å². The van der Waals surface area contributed by atoms with E-state index < -0.39 is 0 Å². The first-order valence-electron chi connectivity index (χ1n) is 8.49. The van der Waals surface area contributed by atoms with Gasteiger partial charge in [0, 0.05) is 33.4 Å². The van der Waals surface area contributed by atoms with Crippen molar-refractivity contribution in [3.8, 4) is 0 Å². The fourth-order valence-electron chi connectivity index (χ4n) is 3.09. The summed E-state index contributed by atoms with van der Waals surface area (Å²) in [5, 5.41) is 9.01. The van der Waals surface area contributed by atoms with E-state index in [1.165, 1.54) is 11.3 Å². The topological polar surface area (TPSA) is 81.4 Å². The Morgan fingerprint density at radius 1 is 1.40 bits per heavy atom. The lowest BCUT2D eigenvalue weighted by Gasteiger charge is -2.21. The van der Waals surface area contributed by atoms with Crippen LogP contribution in [0.4, 0.5) is 0 Å². The van der Waals surface area contributed by atoms with Crippen molar-refractivity contribution in [3.05, 3.63) is 27.4 Å². The molecule has 3 heterocycles. The lowest BCUT2D eigenvalue weighted by molar-refractivity contribution is 0.0677. The molecule has 2 atom stereocenters. The van der Waals surface area contributed by atoms with E-state index >= 15 is 0 Å². The van der Waals surface area contributed by atoms with Crippen LogP contribution in [0.25, 0.3) is 0 Å². The molecule has 1 amide bonds. The summed E-state index contributed by atoms with van der Waals surface area (Å²) >= 11 is 1.48. The molecule has 1 saturated heterocycles. The van der Waals surface area contributed by atoms with E-state index in [0.29, 0.717) is 35.5 Å². The molecule has 0 saturated carbocycles. The molecule has 136 valence electrons. The molecule has 0 aliphatic carbocycles. The summed E-state index contributed by atoms with van der Waals surface area (Å²) in [5.41, 5.74) is 0.784. The summed E-state index contributed by atoms with van der Waals surface area (Å²) in [4.78, 5) is 20.2. The standard InChI is InChI=1S/C17H24N4O3S/c1-9(2)6-14-18-10(3)15(25-14)17(22)21-8-12(23-5)7-13(21)16-20-19-11(4)24-16/h9,12-13H,6-8H2,1-5H3/t12-,13+/m0/s1. The van der Waals surface area contributed by atoms with Crippen LogP contribution in [-0.2, 0) is 11.2 Å². The highest BCUT2D eigenvalue weighted by Crippen LogP contribution is 2.35. The lowest BCUT2D eigenvalue weighted by Crippen LogP contribution is -2.32. The number of hydrogen-bond donors (Lipinski definition) is 0. The minimum absolute atomic E-state index is 0.0367. The molecule has 25 heavy (non-hydrogen) atoms. The second-order valence-corrected chi connectivity index (χ2v) is 7.93. The smallest absolute Gasteiger partial charge is 0.266 e. The van der Waals surface area contributed by atoms with Gasteiger partial charge in [-0.1, -0.05) is 13.8 Å². The number of carbonyl (C=O) groups is 1. The van der Waals surface area contributed by atoms with Crippen molar-refractivity contribution in [2.45, 2.75) is 52.7 Å². The zero-order valence-corrected chi connectivity index (χ0v) is 16.1. The minimum atomic E-state index is -0.256. The molecular weight excluding hydrogens is 340 g/mol. The average Bonchev–Trinajstić information content (AvgIpc) is 3.24. The zero-order valence-electron chi connectivity index (χ0n) is 15.3. The van der Waals surface area contributed by atoms with Crippen molar-refractivity contribution in [2.75, 3.05) is 13.7 Å². The maximum Gasteiger partial charge on any atom is 0.266 e. The van der Waals surface area contributed by atoms with Crippen LogP contribution < -0.4 is 0 Å². The molecule has 1 aliphatic rings. The van der Waals surface area contributed by atoms with Crippen LogP contribution in [-0.4, -0.2) is 45.7 Å². The van der Waals surface area contributed by atoms with Gasteiger partial charge in [0.1, 0.15) is 10.9 Å². The summed E-state index contributed by atoms with van der Waals surface area (Å²) < 4.78 is 11.1. The van der Waals surface area contributed by atoms with Gasteiger partial charge >= 0.3 is 0 Å². The van der Waals surface area contributed by atoms with Crippen molar-refractivity contribution < 1.29 is 13.9 Å². The van der Waals surface area contributed by atoms with Crippen LogP contribution in [0.2, 0.25) is 0 Å². The maximum absolute atomic E-state index is 13.2. The molecule has 2 aromatic rings. The Bertz CT molecular complexity index is 755. The summed E-state index contributed by atoms with van der Waals surface area (Å²) in [6.07, 6.45) is 1.50. The predicted octanol–water partition coefficient (Wildman–Crippen LogP) is 2.94. The van der Waals surface area contributed by atoms with Crippen LogP contribution in [0, 0.1) is 19.8 Å². The number of carbonyl (C=O) groups excluding carboxylic acids is 1. The van der Waals surface area contributed by atoms with Gasteiger partial charge in [0.05, 0.1) is 16.8 Å². The third-order valence-corrected chi connectivity index (χ3v) is 5.47. The van der Waals surface area contributed by atoms with Crippen molar-refractivity contribution in [1.29, 1.82) is 0 Å². The van der Waals surface area contributed by atoms with Gasteiger partial charge in [0.15, 0.2) is 0 Å². The van der Waals surface area contributed by atoms with Crippen LogP contribution in [0.1, 0.15) is 58.5 Å². The Morgan fingerprint density at radius 3 is 2.76 bits per heavy atom. The average molecular weight is 364 g/mol. The second kappa shape index (κ2) is 7.21. The van der Waals surface area contributed by atoms with Gasteiger partial charge in [0.25, 0.3) is 5.91 Å². The van der Waals surface area contributed by atoms with Gasteiger partial charge in [-0.2, -0.15) is 0 Å². The van der Waals surface area contributed by atoms with E-state index in [1.54, 1.807) is 18.9 Å². The van der Waals surface area contributed by atoms with E-state index in [9.17, 15) is 4.79 Å². The normalized spacial score (nSPS) is 20.6. The van der Waals surface area contributed by atoms with Gasteiger partial charge < -0.3 is 14.1 Å². The summed E-state index contributed by atoms with van der Waals surface area (Å²) in [5.74, 6) is 1.43. The number of methoxy groups -OCH3 is 1. The number of thiazole rings is 1. The number of nitrogens with zero attached hydrogens (tertiary/aromatic N) is 4. The third-order valence-electron chi connectivity index (χ3n) is 4.30. The Hall–Kier alpha value is -1.80. The minimum Gasteiger partial charge on any atom is -0.423 e. The fourth-order valence-corrected chi connectivity index (χ4v) is 4.32. The first kappa shape index (κ1) is 18.0. The van der Waals surface area contributed by atoms with E-state index in [1.807, 2.05) is 6.92 Å². The molecular formula is C17H24N4O3S. The summed E-state index contributed by atoms with van der Waals surface area (Å²) in [7, 11) is 1.66. The van der Waals surface area contributed by atoms with E-state index in [-0.39, 0.29) is 18.1 Å². The molecule has 0 bridgehead atoms. The SMILES string of the molecule is CO[C@H]1C[C@H](c2nnc(C)o2)N(C(=O)c2sc(CC(C)C)nc2C)C1. The predicted molar refractivity (Wildman–Crippen MR) is 93.6 cm³/mol. The monoisotopic (exact) mass is 364 g/mol. The van der Waals surface area contributed by atoms with Crippen molar-refractivity contribution in [2.24, 2.45) is 5.92 Å².